The summed E-state index contributed by atoms with van der Waals surface area (Å²) in [7, 11) is -6.00. The minimum Gasteiger partial charge on any atom is -0.444 e. The summed E-state index contributed by atoms with van der Waals surface area (Å²) in [5, 5.41) is 1.66. The second-order valence-electron chi connectivity index (χ2n) is 14.4. The van der Waals surface area contributed by atoms with Crippen molar-refractivity contribution in [3.63, 3.8) is 0 Å². The molecule has 0 bridgehead atoms. The van der Waals surface area contributed by atoms with E-state index in [1.807, 2.05) is 35.6 Å². The Morgan fingerprint density at radius 3 is 1.49 bits per heavy atom. The van der Waals surface area contributed by atoms with Crippen molar-refractivity contribution in [3.05, 3.63) is 78.3 Å². The van der Waals surface area contributed by atoms with Crippen LogP contribution in [0.3, 0.4) is 0 Å². The zero-order valence-corrected chi connectivity index (χ0v) is 29.6. The number of Topliss-reactive ketones (excluding diaryl/α,β-unsaturated/α-hetero) is 1. The summed E-state index contributed by atoms with van der Waals surface area (Å²) in [5.41, 5.74) is 10.2. The van der Waals surface area contributed by atoms with Crippen molar-refractivity contribution in [2.75, 3.05) is 0 Å². The molecule has 3 rings (SSSR count). The largest absolute Gasteiger partial charge is 0.673 e. The molecule has 2 heterocycles. The van der Waals surface area contributed by atoms with Crippen LogP contribution in [0.15, 0.2) is 63.0 Å². The molecule has 0 aromatic carbocycles. The molecule has 238 valence electrons. The number of thioether (sulfide) groups is 2. The third-order valence-corrected chi connectivity index (χ3v) is 9.50. The highest BCUT2D eigenvalue weighted by Crippen LogP contribution is 2.43. The van der Waals surface area contributed by atoms with E-state index >= 15 is 0 Å². The van der Waals surface area contributed by atoms with Gasteiger partial charge in [0.1, 0.15) is 0 Å². The first kappa shape index (κ1) is 37.2. The van der Waals surface area contributed by atoms with Crippen molar-refractivity contribution in [3.8, 4) is 0 Å². The van der Waals surface area contributed by atoms with E-state index in [0.29, 0.717) is 16.8 Å². The molecule has 0 spiro atoms. The van der Waals surface area contributed by atoms with E-state index in [-0.39, 0.29) is 26.1 Å². The molecule has 0 unspecified atom stereocenters. The van der Waals surface area contributed by atoms with Crippen LogP contribution in [-0.4, -0.2) is 22.5 Å². The van der Waals surface area contributed by atoms with Gasteiger partial charge >= 0.3 is 7.25 Å². The fourth-order valence-electron chi connectivity index (χ4n) is 3.70. The van der Waals surface area contributed by atoms with Gasteiger partial charge in [0.25, 0.3) is 0 Å². The van der Waals surface area contributed by atoms with Gasteiger partial charge in [0.05, 0.1) is 5.70 Å². The van der Waals surface area contributed by atoms with E-state index in [2.05, 4.69) is 95.2 Å². The quantitative estimate of drug-likeness (QED) is 0.151. The number of rotatable bonds is 4. The molecule has 1 aliphatic heterocycles. The van der Waals surface area contributed by atoms with E-state index in [1.165, 1.54) is 9.75 Å². The minimum absolute atomic E-state index is 0.000637. The maximum atomic E-state index is 13.3. The Morgan fingerprint density at radius 1 is 0.767 bits per heavy atom. The number of carbonyl (C=O) groups excluding carboxylic acids is 1. The standard InChI is InChI=1S/C32H43NO2S3.BF4/c1-29(2,3)23-15-19(16-24(36-23)30(4,5)6)13-21-27(33)22(28(21)34)14-20-17-25(37-31(7,8)9)35-26(18-20)38-32(10,11)12;2-1(3,4)5/h13-18H,1-12H3,(H-,33,34);/q;-1/p+1. The van der Waals surface area contributed by atoms with Crippen molar-refractivity contribution in [2.24, 2.45) is 5.73 Å². The van der Waals surface area contributed by atoms with E-state index in [4.69, 9.17) is 10.5 Å². The fourth-order valence-corrected chi connectivity index (χ4v) is 6.85. The number of ketones is 1. The smallest absolute Gasteiger partial charge is 0.444 e. The third kappa shape index (κ3) is 12.5. The molecular formula is C32H44BF4NO2S3. The average Bonchev–Trinajstić information content (AvgIpc) is 2.76. The number of nitrogens with two attached hydrogens (primary N) is 1. The van der Waals surface area contributed by atoms with Crippen molar-refractivity contribution in [1.82, 2.24) is 0 Å². The number of carbonyl (C=O) groups is 1. The summed E-state index contributed by atoms with van der Waals surface area (Å²) in [6.07, 6.45) is 7.86. The van der Waals surface area contributed by atoms with Crippen molar-refractivity contribution >= 4 is 54.0 Å². The van der Waals surface area contributed by atoms with Crippen LogP contribution < -0.4 is 5.73 Å². The van der Waals surface area contributed by atoms with Gasteiger partial charge in [-0.25, -0.2) is 0 Å². The summed E-state index contributed by atoms with van der Waals surface area (Å²) in [6, 6.07) is 4.39. The van der Waals surface area contributed by atoms with Gasteiger partial charge in [-0.2, -0.15) is 0 Å². The maximum Gasteiger partial charge on any atom is 0.673 e. The lowest BCUT2D eigenvalue weighted by Gasteiger charge is -2.27. The highest BCUT2D eigenvalue weighted by atomic mass is 32.2. The van der Waals surface area contributed by atoms with Crippen molar-refractivity contribution in [1.29, 1.82) is 0 Å². The molecule has 1 aromatic rings. The van der Waals surface area contributed by atoms with E-state index in [9.17, 15) is 22.1 Å². The lowest BCUT2D eigenvalue weighted by atomic mass is 9.83. The van der Waals surface area contributed by atoms with Crippen LogP contribution >= 0.6 is 34.9 Å². The van der Waals surface area contributed by atoms with E-state index in [1.54, 1.807) is 23.5 Å². The normalized spacial score (nSPS) is 17.5. The number of hydrogen-bond donors (Lipinski definition) is 1. The molecule has 0 amide bonds. The molecule has 43 heavy (non-hydrogen) atoms. The van der Waals surface area contributed by atoms with Gasteiger partial charge in [-0.05, 0) is 35.4 Å². The lowest BCUT2D eigenvalue weighted by Crippen LogP contribution is -2.26. The van der Waals surface area contributed by atoms with Gasteiger partial charge in [-0.15, -0.1) is 0 Å². The van der Waals surface area contributed by atoms with E-state index < -0.39 is 7.25 Å². The maximum absolute atomic E-state index is 13.3. The molecule has 0 radical (unpaired) electrons. The van der Waals surface area contributed by atoms with Crippen LogP contribution in [0.4, 0.5) is 17.3 Å². The third-order valence-electron chi connectivity index (χ3n) is 5.57. The molecule has 0 saturated carbocycles. The lowest BCUT2D eigenvalue weighted by molar-refractivity contribution is -0.112. The zero-order chi connectivity index (χ0) is 33.3. The Labute approximate surface area is 267 Å². The van der Waals surface area contributed by atoms with Crippen molar-refractivity contribution < 1.29 is 26.8 Å². The molecule has 0 saturated heterocycles. The summed E-state index contributed by atoms with van der Waals surface area (Å²) in [4.78, 5) is 15.9. The molecule has 1 aliphatic carbocycles. The molecule has 2 N–H and O–H groups in total. The first-order valence-electron chi connectivity index (χ1n) is 14.0. The second kappa shape index (κ2) is 13.2. The second-order valence-corrected chi connectivity index (χ2v) is 19.2. The molecular weight excluding hydrogens is 613 g/mol. The SMILES string of the molecule is CC(C)(C)SC1=CC(=CC2=C(N)C(=Cc3cc(C(C)(C)C)[s+]c(C(C)(C)C)c3)C2=O)C=C(SC(C)(C)C)O1.F[B-](F)(F)F. The van der Waals surface area contributed by atoms with E-state index in [0.717, 1.165) is 21.3 Å². The molecule has 11 heteroatoms. The topological polar surface area (TPSA) is 52.3 Å². The van der Waals surface area contributed by atoms with Crippen LogP contribution in [0.25, 0.3) is 6.08 Å². The molecule has 2 aliphatic rings. The first-order valence-corrected chi connectivity index (χ1v) is 16.4. The van der Waals surface area contributed by atoms with Gasteiger partial charge in [0.15, 0.2) is 16.0 Å². The number of halogens is 4. The molecule has 1 aromatic heterocycles. The van der Waals surface area contributed by atoms with Crippen molar-refractivity contribution in [2.45, 2.75) is 103 Å². The van der Waals surface area contributed by atoms with Gasteiger partial charge in [-0.3, -0.25) is 4.79 Å². The van der Waals surface area contributed by atoms with Gasteiger partial charge in [0.2, 0.25) is 21.1 Å². The number of allylic oxidation sites excluding steroid dienone is 6. The van der Waals surface area contributed by atoms with Crippen LogP contribution in [0.1, 0.15) is 98.4 Å². The van der Waals surface area contributed by atoms with Crippen LogP contribution in [0.2, 0.25) is 0 Å². The highest BCUT2D eigenvalue weighted by molar-refractivity contribution is 8.05. The van der Waals surface area contributed by atoms with Crippen LogP contribution in [0.5, 0.6) is 0 Å². The number of hydrogen-bond acceptors (Lipinski definition) is 5. The Balaban J connectivity index is 0.00000119. The Hall–Kier alpha value is -1.98. The first-order chi connectivity index (χ1) is 19.1. The number of ether oxygens (including phenoxy) is 1. The van der Waals surface area contributed by atoms with Crippen LogP contribution in [-0.2, 0) is 20.4 Å². The van der Waals surface area contributed by atoms with Gasteiger partial charge in [0, 0.05) is 43.6 Å². The predicted octanol–water partition coefficient (Wildman–Crippen LogP) is 10.8. The Morgan fingerprint density at radius 2 is 1.16 bits per heavy atom. The van der Waals surface area contributed by atoms with Gasteiger partial charge < -0.3 is 27.7 Å². The Bertz CT molecular complexity index is 1320. The zero-order valence-electron chi connectivity index (χ0n) is 27.2. The monoisotopic (exact) mass is 657 g/mol. The van der Waals surface area contributed by atoms with Crippen LogP contribution in [0, 0.1) is 0 Å². The summed E-state index contributed by atoms with van der Waals surface area (Å²) in [5.74, 6) is -0.0134. The fraction of sp³-hybridized carbons (Fsp3) is 0.500. The minimum atomic E-state index is -6.00. The molecule has 0 atom stereocenters. The Kier molecular flexibility index (Phi) is 11.4. The predicted molar refractivity (Wildman–Crippen MR) is 181 cm³/mol. The van der Waals surface area contributed by atoms with Gasteiger partial charge in [-0.1, -0.05) is 107 Å². The highest BCUT2D eigenvalue weighted by Gasteiger charge is 2.34. The average molecular weight is 658 g/mol. The molecule has 3 nitrogen and oxygen atoms in total. The summed E-state index contributed by atoms with van der Waals surface area (Å²) in [6.45, 7) is 26.3. The molecule has 0 fully saturated rings. The summed E-state index contributed by atoms with van der Waals surface area (Å²) < 4.78 is 45.2. The summed E-state index contributed by atoms with van der Waals surface area (Å²) >= 11 is 5.19.